The van der Waals surface area contributed by atoms with Gasteiger partial charge in [-0.25, -0.2) is 4.39 Å². The van der Waals surface area contributed by atoms with Crippen LogP contribution in [0, 0.1) is 18.2 Å². The first-order chi connectivity index (χ1) is 13.7. The second-order valence-corrected chi connectivity index (χ2v) is 9.11. The van der Waals surface area contributed by atoms with Gasteiger partial charge >= 0.3 is 0 Å². The SMILES string of the molecule is Cc1ccccc1C=c1sc(=CC(=O)C(C)(C)C)n(Cc2ccccc2F)c1=O. The summed E-state index contributed by atoms with van der Waals surface area (Å²) in [6, 6.07) is 14.2. The summed E-state index contributed by atoms with van der Waals surface area (Å²) in [5.74, 6) is -0.452. The molecule has 0 radical (unpaired) electrons. The van der Waals surface area contributed by atoms with Crippen molar-refractivity contribution >= 4 is 29.3 Å². The van der Waals surface area contributed by atoms with Gasteiger partial charge < -0.3 is 0 Å². The fraction of sp³-hybridized carbons (Fsp3) is 0.250. The molecule has 3 rings (SSSR count). The van der Waals surface area contributed by atoms with Gasteiger partial charge in [0.05, 0.1) is 11.1 Å². The number of aromatic nitrogens is 1. The maximum absolute atomic E-state index is 14.2. The number of carbonyl (C=O) groups is 1. The van der Waals surface area contributed by atoms with Crippen LogP contribution >= 0.6 is 11.3 Å². The average Bonchev–Trinajstić information content (AvgIpc) is 2.93. The molecule has 2 aromatic carbocycles. The number of nitrogens with zero attached hydrogens (tertiary/aromatic N) is 1. The van der Waals surface area contributed by atoms with E-state index < -0.39 is 5.41 Å². The van der Waals surface area contributed by atoms with Gasteiger partial charge in [0.1, 0.15) is 10.5 Å². The molecule has 3 nitrogen and oxygen atoms in total. The summed E-state index contributed by atoms with van der Waals surface area (Å²) >= 11 is 1.26. The summed E-state index contributed by atoms with van der Waals surface area (Å²) in [7, 11) is 0. The summed E-state index contributed by atoms with van der Waals surface area (Å²) in [5.41, 5.74) is 1.61. The van der Waals surface area contributed by atoms with Crippen molar-refractivity contribution in [3.63, 3.8) is 0 Å². The molecule has 0 aliphatic carbocycles. The largest absolute Gasteiger partial charge is 0.294 e. The van der Waals surface area contributed by atoms with E-state index in [2.05, 4.69) is 0 Å². The van der Waals surface area contributed by atoms with Crippen molar-refractivity contribution in [2.45, 2.75) is 34.2 Å². The zero-order valence-corrected chi connectivity index (χ0v) is 17.8. The molecule has 0 saturated carbocycles. The molecule has 150 valence electrons. The van der Waals surface area contributed by atoms with Crippen molar-refractivity contribution in [2.75, 3.05) is 0 Å². The van der Waals surface area contributed by atoms with Crippen molar-refractivity contribution in [2.24, 2.45) is 5.41 Å². The van der Waals surface area contributed by atoms with Crippen molar-refractivity contribution in [3.05, 3.63) is 90.6 Å². The molecular weight excluding hydrogens is 385 g/mol. The van der Waals surface area contributed by atoms with Crippen LogP contribution in [0.3, 0.4) is 0 Å². The van der Waals surface area contributed by atoms with Crippen LogP contribution in [0.1, 0.15) is 37.5 Å². The van der Waals surface area contributed by atoms with E-state index in [1.807, 2.05) is 58.0 Å². The smallest absolute Gasteiger partial charge is 0.269 e. The Hall–Kier alpha value is -2.79. The van der Waals surface area contributed by atoms with E-state index in [0.29, 0.717) is 14.8 Å². The third kappa shape index (κ3) is 4.80. The fourth-order valence-electron chi connectivity index (χ4n) is 2.81. The monoisotopic (exact) mass is 409 g/mol. The first-order valence-corrected chi connectivity index (χ1v) is 10.2. The van der Waals surface area contributed by atoms with Crippen LogP contribution < -0.4 is 14.8 Å². The lowest BCUT2D eigenvalue weighted by Crippen LogP contribution is -2.33. The van der Waals surface area contributed by atoms with E-state index in [1.165, 1.54) is 28.0 Å². The molecular formula is C24H24FNO2S. The lowest BCUT2D eigenvalue weighted by molar-refractivity contribution is -0.120. The molecule has 0 fully saturated rings. The minimum absolute atomic E-state index is 0.0763. The van der Waals surface area contributed by atoms with E-state index in [-0.39, 0.29) is 23.7 Å². The van der Waals surface area contributed by atoms with E-state index in [1.54, 1.807) is 18.2 Å². The summed E-state index contributed by atoms with van der Waals surface area (Å²) in [5, 5.41) is 0. The highest BCUT2D eigenvalue weighted by Gasteiger charge is 2.19. The maximum Gasteiger partial charge on any atom is 0.269 e. The van der Waals surface area contributed by atoms with E-state index >= 15 is 0 Å². The first kappa shape index (κ1) is 20.9. The number of ketones is 1. The number of thiazole rings is 1. The van der Waals surface area contributed by atoms with Crippen LogP contribution in [-0.4, -0.2) is 10.4 Å². The van der Waals surface area contributed by atoms with Gasteiger partial charge in [0.2, 0.25) is 0 Å². The summed E-state index contributed by atoms with van der Waals surface area (Å²) < 4.78 is 16.7. The molecule has 0 spiro atoms. The van der Waals surface area contributed by atoms with Gasteiger partial charge in [-0.1, -0.05) is 63.2 Å². The number of aryl methyl sites for hydroxylation is 1. The summed E-state index contributed by atoms with van der Waals surface area (Å²) in [6.07, 6.45) is 3.33. The lowest BCUT2D eigenvalue weighted by atomic mass is 9.91. The summed E-state index contributed by atoms with van der Waals surface area (Å²) in [6.45, 7) is 7.55. The van der Waals surface area contributed by atoms with Crippen LogP contribution in [0.15, 0.2) is 53.3 Å². The maximum atomic E-state index is 14.2. The van der Waals surface area contributed by atoms with Gasteiger partial charge in [0.25, 0.3) is 5.56 Å². The topological polar surface area (TPSA) is 39.1 Å². The minimum Gasteiger partial charge on any atom is -0.294 e. The Bertz CT molecular complexity index is 1230. The Balaban J connectivity index is 2.23. The Morgan fingerprint density at radius 3 is 2.41 bits per heavy atom. The quantitative estimate of drug-likeness (QED) is 0.660. The Kier molecular flexibility index (Phi) is 5.99. The molecule has 0 aliphatic heterocycles. The van der Waals surface area contributed by atoms with Crippen molar-refractivity contribution in [1.82, 2.24) is 4.57 Å². The molecule has 1 aromatic heterocycles. The Morgan fingerprint density at radius 1 is 1.10 bits per heavy atom. The van der Waals surface area contributed by atoms with Gasteiger partial charge in [0, 0.05) is 17.1 Å². The van der Waals surface area contributed by atoms with Gasteiger partial charge in [-0.3, -0.25) is 14.2 Å². The molecule has 0 atom stereocenters. The van der Waals surface area contributed by atoms with Gasteiger partial charge in [-0.15, -0.1) is 11.3 Å². The predicted octanol–water partition coefficient (Wildman–Crippen LogP) is 3.63. The molecule has 0 N–H and O–H groups in total. The number of hydrogen-bond acceptors (Lipinski definition) is 3. The number of hydrogen-bond donors (Lipinski definition) is 0. The average molecular weight is 410 g/mol. The first-order valence-electron chi connectivity index (χ1n) is 9.43. The van der Waals surface area contributed by atoms with Crippen LogP contribution in [0.5, 0.6) is 0 Å². The number of carbonyl (C=O) groups excluding carboxylic acids is 1. The van der Waals surface area contributed by atoms with Crippen LogP contribution in [0.25, 0.3) is 12.2 Å². The highest BCUT2D eigenvalue weighted by atomic mass is 32.1. The van der Waals surface area contributed by atoms with Crippen molar-refractivity contribution < 1.29 is 9.18 Å². The molecule has 29 heavy (non-hydrogen) atoms. The highest BCUT2D eigenvalue weighted by Crippen LogP contribution is 2.15. The van der Waals surface area contributed by atoms with Crippen molar-refractivity contribution in [1.29, 1.82) is 0 Å². The molecule has 0 aliphatic rings. The molecule has 3 aromatic rings. The predicted molar refractivity (Wildman–Crippen MR) is 117 cm³/mol. The molecule has 0 bridgehead atoms. The van der Waals surface area contributed by atoms with E-state index in [4.69, 9.17) is 0 Å². The normalized spacial score (nSPS) is 13.1. The van der Waals surface area contributed by atoms with Gasteiger partial charge in [-0.2, -0.15) is 0 Å². The summed E-state index contributed by atoms with van der Waals surface area (Å²) in [4.78, 5) is 25.7. The number of rotatable bonds is 4. The molecule has 0 saturated heterocycles. The fourth-order valence-corrected chi connectivity index (χ4v) is 3.84. The van der Waals surface area contributed by atoms with Crippen LogP contribution in [-0.2, 0) is 11.3 Å². The standard InChI is InChI=1S/C24H24FNO2S/c1-16-9-5-6-10-17(16)13-20-23(28)26(15-18-11-7-8-12-19(18)25)22(29-20)14-21(27)24(2,3)4/h5-14H,15H2,1-4H3. The third-order valence-corrected chi connectivity index (χ3v) is 5.75. The zero-order valence-electron chi connectivity index (χ0n) is 17.0. The van der Waals surface area contributed by atoms with Crippen LogP contribution in [0.4, 0.5) is 4.39 Å². The zero-order chi connectivity index (χ0) is 21.2. The lowest BCUT2D eigenvalue weighted by Gasteiger charge is -2.13. The minimum atomic E-state index is -0.567. The van der Waals surface area contributed by atoms with Crippen molar-refractivity contribution in [3.8, 4) is 0 Å². The molecule has 0 unspecified atom stereocenters. The van der Waals surface area contributed by atoms with Gasteiger partial charge in [0.15, 0.2) is 5.78 Å². The Morgan fingerprint density at radius 2 is 1.76 bits per heavy atom. The van der Waals surface area contributed by atoms with Crippen LogP contribution in [0.2, 0.25) is 0 Å². The molecule has 5 heteroatoms. The second kappa shape index (κ2) is 8.29. The molecule has 0 amide bonds. The molecule has 1 heterocycles. The number of Topliss-reactive ketones (excluding diaryl/α,β-unsaturated/α-hetero) is 1. The van der Waals surface area contributed by atoms with Gasteiger partial charge in [-0.05, 0) is 30.2 Å². The highest BCUT2D eigenvalue weighted by molar-refractivity contribution is 7.07. The third-order valence-electron chi connectivity index (χ3n) is 4.69. The van der Waals surface area contributed by atoms with E-state index in [0.717, 1.165) is 11.1 Å². The number of benzene rings is 2. The van der Waals surface area contributed by atoms with E-state index in [9.17, 15) is 14.0 Å². The second-order valence-electron chi connectivity index (χ2n) is 8.05. The number of halogens is 1. The Labute approximate surface area is 173 Å².